The molecule has 0 spiro atoms. The van der Waals surface area contributed by atoms with Gasteiger partial charge in [-0.3, -0.25) is 0 Å². The van der Waals surface area contributed by atoms with Crippen molar-refractivity contribution in [3.63, 3.8) is 0 Å². The van der Waals surface area contributed by atoms with Gasteiger partial charge in [0.1, 0.15) is 5.82 Å². The highest BCUT2D eigenvalue weighted by Gasteiger charge is 2.22. The molecule has 0 radical (unpaired) electrons. The first-order valence-electron chi connectivity index (χ1n) is 6.72. The Bertz CT molecular complexity index is 418. The number of hydrogen-bond acceptors (Lipinski definition) is 3. The number of hydrogen-bond donors (Lipinski definition) is 2. The molecular weight excluding hydrogens is 247 g/mol. The van der Waals surface area contributed by atoms with E-state index in [-0.39, 0.29) is 5.82 Å². The molecule has 4 heteroatoms. The average molecular weight is 266 g/mol. The number of fused-ring (bicyclic) bond motifs is 1. The van der Waals surface area contributed by atoms with Crippen LogP contribution in [0.5, 0.6) is 0 Å². The summed E-state index contributed by atoms with van der Waals surface area (Å²) < 4.78 is 13.4. The van der Waals surface area contributed by atoms with Gasteiger partial charge in [0, 0.05) is 23.5 Å². The van der Waals surface area contributed by atoms with Crippen molar-refractivity contribution >= 4 is 11.8 Å². The second-order valence-corrected chi connectivity index (χ2v) is 6.21. The van der Waals surface area contributed by atoms with Crippen LogP contribution in [0, 0.1) is 5.82 Å². The minimum Gasteiger partial charge on any atom is -0.313 e. The van der Waals surface area contributed by atoms with Crippen LogP contribution in [0.1, 0.15) is 30.9 Å². The van der Waals surface area contributed by atoms with Gasteiger partial charge in [0.05, 0.1) is 0 Å². The molecule has 0 saturated carbocycles. The van der Waals surface area contributed by atoms with Crippen LogP contribution in [0.25, 0.3) is 0 Å². The number of benzene rings is 1. The quantitative estimate of drug-likeness (QED) is 0.879. The Balaban J connectivity index is 1.68. The molecule has 1 fully saturated rings. The highest BCUT2D eigenvalue weighted by Crippen LogP contribution is 2.36. The largest absolute Gasteiger partial charge is 0.313 e. The van der Waals surface area contributed by atoms with Crippen LogP contribution in [0.4, 0.5) is 4.39 Å². The summed E-state index contributed by atoms with van der Waals surface area (Å²) in [5.74, 6) is 0.996. The molecule has 2 aliphatic heterocycles. The van der Waals surface area contributed by atoms with E-state index in [0.29, 0.717) is 12.1 Å². The second-order valence-electron chi connectivity index (χ2n) is 5.07. The molecule has 98 valence electrons. The molecule has 2 atom stereocenters. The first kappa shape index (κ1) is 12.5. The zero-order valence-corrected chi connectivity index (χ0v) is 11.2. The van der Waals surface area contributed by atoms with Gasteiger partial charge in [-0.25, -0.2) is 4.39 Å². The SMILES string of the molecule is Fc1ccc2c(c1)C(NCC1CCCN1)CCS2. The Morgan fingerprint density at radius 2 is 2.33 bits per heavy atom. The molecule has 1 aromatic rings. The van der Waals surface area contributed by atoms with Gasteiger partial charge in [-0.2, -0.15) is 0 Å². The summed E-state index contributed by atoms with van der Waals surface area (Å²) in [6.45, 7) is 2.13. The predicted molar refractivity (Wildman–Crippen MR) is 73.5 cm³/mol. The fourth-order valence-electron chi connectivity index (χ4n) is 2.79. The van der Waals surface area contributed by atoms with Gasteiger partial charge in [-0.05, 0) is 55.3 Å². The van der Waals surface area contributed by atoms with Gasteiger partial charge in [-0.15, -0.1) is 11.8 Å². The maximum absolute atomic E-state index is 13.4. The molecule has 2 N–H and O–H groups in total. The minimum absolute atomic E-state index is 0.123. The first-order chi connectivity index (χ1) is 8.83. The third kappa shape index (κ3) is 2.71. The Labute approximate surface area is 112 Å². The molecule has 2 aliphatic rings. The lowest BCUT2D eigenvalue weighted by Crippen LogP contribution is -2.36. The van der Waals surface area contributed by atoms with E-state index in [1.54, 1.807) is 12.1 Å². The van der Waals surface area contributed by atoms with Crippen molar-refractivity contribution in [2.24, 2.45) is 0 Å². The fraction of sp³-hybridized carbons (Fsp3) is 0.571. The summed E-state index contributed by atoms with van der Waals surface area (Å²) in [6.07, 6.45) is 3.62. The van der Waals surface area contributed by atoms with Crippen molar-refractivity contribution in [1.82, 2.24) is 10.6 Å². The molecule has 1 aromatic carbocycles. The molecule has 2 heterocycles. The van der Waals surface area contributed by atoms with Gasteiger partial charge in [0.25, 0.3) is 0 Å². The number of halogens is 1. The normalized spacial score (nSPS) is 27.2. The van der Waals surface area contributed by atoms with Crippen molar-refractivity contribution in [3.05, 3.63) is 29.6 Å². The maximum atomic E-state index is 13.4. The monoisotopic (exact) mass is 266 g/mol. The van der Waals surface area contributed by atoms with Crippen LogP contribution in [0.15, 0.2) is 23.1 Å². The van der Waals surface area contributed by atoms with Crippen LogP contribution in [-0.2, 0) is 0 Å². The average Bonchev–Trinajstić information content (AvgIpc) is 2.89. The smallest absolute Gasteiger partial charge is 0.123 e. The van der Waals surface area contributed by atoms with E-state index >= 15 is 0 Å². The summed E-state index contributed by atoms with van der Waals surface area (Å²) >= 11 is 1.84. The standard InChI is InChI=1S/C14H19FN2S/c15-10-3-4-14-12(8-10)13(5-7-18-14)17-9-11-2-1-6-16-11/h3-4,8,11,13,16-17H,1-2,5-7,9H2. The van der Waals surface area contributed by atoms with Crippen molar-refractivity contribution in [3.8, 4) is 0 Å². The molecule has 2 nitrogen and oxygen atoms in total. The van der Waals surface area contributed by atoms with E-state index in [9.17, 15) is 4.39 Å². The van der Waals surface area contributed by atoms with Crippen molar-refractivity contribution in [1.29, 1.82) is 0 Å². The molecule has 2 unspecified atom stereocenters. The van der Waals surface area contributed by atoms with Gasteiger partial charge < -0.3 is 10.6 Å². The van der Waals surface area contributed by atoms with Crippen LogP contribution in [0.2, 0.25) is 0 Å². The van der Waals surface area contributed by atoms with Crippen LogP contribution >= 0.6 is 11.8 Å². The Kier molecular flexibility index (Phi) is 3.87. The van der Waals surface area contributed by atoms with E-state index in [1.807, 2.05) is 17.8 Å². The van der Waals surface area contributed by atoms with Gasteiger partial charge in [0.2, 0.25) is 0 Å². The molecular formula is C14H19FN2S. The summed E-state index contributed by atoms with van der Waals surface area (Å²) in [5, 5.41) is 7.09. The summed E-state index contributed by atoms with van der Waals surface area (Å²) in [5.41, 5.74) is 1.14. The second kappa shape index (κ2) is 5.59. The maximum Gasteiger partial charge on any atom is 0.123 e. The summed E-state index contributed by atoms with van der Waals surface area (Å²) in [7, 11) is 0. The topological polar surface area (TPSA) is 24.1 Å². The number of rotatable bonds is 3. The van der Waals surface area contributed by atoms with Gasteiger partial charge in [0.15, 0.2) is 0 Å². The third-order valence-corrected chi connectivity index (χ3v) is 4.91. The molecule has 0 bridgehead atoms. The van der Waals surface area contributed by atoms with E-state index in [1.165, 1.54) is 17.7 Å². The predicted octanol–water partition coefficient (Wildman–Crippen LogP) is 2.70. The fourth-order valence-corrected chi connectivity index (χ4v) is 3.90. The molecule has 0 aromatic heterocycles. The van der Waals surface area contributed by atoms with E-state index < -0.39 is 0 Å². The lowest BCUT2D eigenvalue weighted by atomic mass is 10.0. The first-order valence-corrected chi connectivity index (χ1v) is 7.70. The Morgan fingerprint density at radius 1 is 1.39 bits per heavy atom. The summed E-state index contributed by atoms with van der Waals surface area (Å²) in [6, 6.07) is 6.08. The number of nitrogens with one attached hydrogen (secondary N) is 2. The van der Waals surface area contributed by atoms with Crippen LogP contribution in [-0.4, -0.2) is 24.9 Å². The molecule has 1 saturated heterocycles. The van der Waals surface area contributed by atoms with E-state index in [2.05, 4.69) is 10.6 Å². The van der Waals surface area contributed by atoms with Gasteiger partial charge in [-0.1, -0.05) is 0 Å². The number of thioether (sulfide) groups is 1. The zero-order chi connectivity index (χ0) is 12.4. The van der Waals surface area contributed by atoms with Crippen LogP contribution in [0.3, 0.4) is 0 Å². The van der Waals surface area contributed by atoms with Crippen LogP contribution < -0.4 is 10.6 Å². The third-order valence-electron chi connectivity index (χ3n) is 3.78. The van der Waals surface area contributed by atoms with Crippen molar-refractivity contribution < 1.29 is 4.39 Å². The molecule has 18 heavy (non-hydrogen) atoms. The summed E-state index contributed by atoms with van der Waals surface area (Å²) in [4.78, 5) is 1.24. The highest BCUT2D eigenvalue weighted by molar-refractivity contribution is 7.99. The van der Waals surface area contributed by atoms with Crippen molar-refractivity contribution in [2.75, 3.05) is 18.8 Å². The molecule has 0 aliphatic carbocycles. The molecule has 0 amide bonds. The Hall–Kier alpha value is -0.580. The van der Waals surface area contributed by atoms with E-state index in [0.717, 1.165) is 30.8 Å². The zero-order valence-electron chi connectivity index (χ0n) is 10.4. The Morgan fingerprint density at radius 3 is 3.17 bits per heavy atom. The van der Waals surface area contributed by atoms with Gasteiger partial charge >= 0.3 is 0 Å². The highest BCUT2D eigenvalue weighted by atomic mass is 32.2. The minimum atomic E-state index is -0.123. The lowest BCUT2D eigenvalue weighted by Gasteiger charge is -2.27. The molecule has 3 rings (SSSR count). The lowest BCUT2D eigenvalue weighted by molar-refractivity contribution is 0.454. The van der Waals surface area contributed by atoms with E-state index in [4.69, 9.17) is 0 Å². The van der Waals surface area contributed by atoms with Crippen molar-refractivity contribution in [2.45, 2.75) is 36.2 Å².